The SMILES string of the molecule is Clc1ccc(CC(CNC2CC2)c2ccccc2Cl)s1. The summed E-state index contributed by atoms with van der Waals surface area (Å²) in [5.41, 5.74) is 1.23. The topological polar surface area (TPSA) is 12.0 Å². The third kappa shape index (κ3) is 3.76. The van der Waals surface area contributed by atoms with Gasteiger partial charge in [0.1, 0.15) is 0 Å². The molecular formula is C16H17Cl2NS. The van der Waals surface area contributed by atoms with Gasteiger partial charge in [0.2, 0.25) is 0 Å². The third-order valence-corrected chi connectivity index (χ3v) is 5.25. The van der Waals surface area contributed by atoms with E-state index in [1.54, 1.807) is 11.3 Å². The summed E-state index contributed by atoms with van der Waals surface area (Å²) in [4.78, 5) is 1.32. The van der Waals surface area contributed by atoms with E-state index in [0.29, 0.717) is 12.0 Å². The molecule has 0 aliphatic heterocycles. The Kier molecular flexibility index (Phi) is 4.67. The number of nitrogens with one attached hydrogen (secondary N) is 1. The molecule has 3 rings (SSSR count). The molecule has 1 unspecified atom stereocenters. The van der Waals surface area contributed by atoms with Crippen LogP contribution in [-0.4, -0.2) is 12.6 Å². The maximum Gasteiger partial charge on any atom is 0.0931 e. The molecule has 1 aromatic heterocycles. The van der Waals surface area contributed by atoms with E-state index in [0.717, 1.165) is 22.3 Å². The van der Waals surface area contributed by atoms with E-state index < -0.39 is 0 Å². The monoisotopic (exact) mass is 325 g/mol. The van der Waals surface area contributed by atoms with Gasteiger partial charge in [0.05, 0.1) is 4.34 Å². The molecule has 1 atom stereocenters. The van der Waals surface area contributed by atoms with Crippen LogP contribution in [0.15, 0.2) is 36.4 Å². The molecule has 0 bridgehead atoms. The predicted octanol–water partition coefficient (Wildman–Crippen LogP) is 5.13. The second kappa shape index (κ2) is 6.48. The Labute approximate surface area is 133 Å². The highest BCUT2D eigenvalue weighted by atomic mass is 35.5. The molecule has 1 aliphatic rings. The van der Waals surface area contributed by atoms with E-state index in [-0.39, 0.29) is 0 Å². The van der Waals surface area contributed by atoms with Gasteiger partial charge in [-0.1, -0.05) is 41.4 Å². The summed E-state index contributed by atoms with van der Waals surface area (Å²) in [6, 6.07) is 13.0. The normalized spacial score (nSPS) is 16.3. The maximum atomic E-state index is 6.37. The lowest BCUT2D eigenvalue weighted by Gasteiger charge is -2.18. The van der Waals surface area contributed by atoms with Crippen molar-refractivity contribution in [2.45, 2.75) is 31.2 Å². The van der Waals surface area contributed by atoms with Gasteiger partial charge in [-0.2, -0.15) is 0 Å². The molecule has 1 saturated carbocycles. The van der Waals surface area contributed by atoms with Crippen molar-refractivity contribution in [1.29, 1.82) is 0 Å². The average Bonchev–Trinajstić information content (AvgIpc) is 3.18. The standard InChI is InChI=1S/C16H17Cl2NS/c17-15-4-2-1-3-14(15)11(10-19-12-5-6-12)9-13-7-8-16(18)20-13/h1-4,7-8,11-12,19H,5-6,9-10H2. The van der Waals surface area contributed by atoms with Gasteiger partial charge in [-0.25, -0.2) is 0 Å². The molecule has 2 aromatic rings. The van der Waals surface area contributed by atoms with Crippen molar-refractivity contribution in [3.8, 4) is 0 Å². The minimum Gasteiger partial charge on any atom is -0.313 e. The Morgan fingerprint density at radius 2 is 1.95 bits per heavy atom. The van der Waals surface area contributed by atoms with Crippen LogP contribution in [-0.2, 0) is 6.42 Å². The minimum absolute atomic E-state index is 0.402. The van der Waals surface area contributed by atoms with Crippen LogP contribution in [0, 0.1) is 0 Å². The molecule has 1 nitrogen and oxygen atoms in total. The number of benzene rings is 1. The predicted molar refractivity (Wildman–Crippen MR) is 88.3 cm³/mol. The molecule has 0 spiro atoms. The fraction of sp³-hybridized carbons (Fsp3) is 0.375. The summed E-state index contributed by atoms with van der Waals surface area (Å²) >= 11 is 14.1. The van der Waals surface area contributed by atoms with E-state index in [4.69, 9.17) is 23.2 Å². The van der Waals surface area contributed by atoms with Gasteiger partial charge in [-0.15, -0.1) is 11.3 Å². The second-order valence-corrected chi connectivity index (χ2v) is 7.52. The summed E-state index contributed by atoms with van der Waals surface area (Å²) in [6.45, 7) is 0.976. The van der Waals surface area contributed by atoms with Crippen LogP contribution < -0.4 is 5.32 Å². The zero-order chi connectivity index (χ0) is 13.9. The number of rotatable bonds is 6. The summed E-state index contributed by atoms with van der Waals surface area (Å²) in [7, 11) is 0. The van der Waals surface area contributed by atoms with Crippen molar-refractivity contribution >= 4 is 34.5 Å². The van der Waals surface area contributed by atoms with Crippen LogP contribution in [0.2, 0.25) is 9.36 Å². The smallest absolute Gasteiger partial charge is 0.0931 e. The first-order chi connectivity index (χ1) is 9.72. The van der Waals surface area contributed by atoms with Crippen molar-refractivity contribution in [2.75, 3.05) is 6.54 Å². The Balaban J connectivity index is 1.77. The molecule has 1 aromatic carbocycles. The van der Waals surface area contributed by atoms with Crippen molar-refractivity contribution in [3.63, 3.8) is 0 Å². The molecule has 1 heterocycles. The van der Waals surface area contributed by atoms with Crippen molar-refractivity contribution in [2.24, 2.45) is 0 Å². The number of thiophene rings is 1. The minimum atomic E-state index is 0.402. The van der Waals surface area contributed by atoms with E-state index >= 15 is 0 Å². The lowest BCUT2D eigenvalue weighted by molar-refractivity contribution is 0.580. The van der Waals surface area contributed by atoms with Crippen molar-refractivity contribution in [3.05, 3.63) is 56.2 Å². The van der Waals surface area contributed by atoms with Gasteiger partial charge in [-0.05, 0) is 43.0 Å². The molecular weight excluding hydrogens is 309 g/mol. The highest BCUT2D eigenvalue weighted by molar-refractivity contribution is 7.16. The zero-order valence-corrected chi connectivity index (χ0v) is 13.4. The first-order valence-electron chi connectivity index (χ1n) is 6.94. The highest BCUT2D eigenvalue weighted by Gasteiger charge is 2.23. The fourth-order valence-electron chi connectivity index (χ4n) is 2.40. The third-order valence-electron chi connectivity index (χ3n) is 3.65. The van der Waals surface area contributed by atoms with Crippen LogP contribution in [0.3, 0.4) is 0 Å². The van der Waals surface area contributed by atoms with E-state index in [2.05, 4.69) is 23.5 Å². The molecule has 1 N–H and O–H groups in total. The van der Waals surface area contributed by atoms with Gasteiger partial charge in [-0.3, -0.25) is 0 Å². The quantitative estimate of drug-likeness (QED) is 0.776. The Bertz CT molecular complexity index is 577. The summed E-state index contributed by atoms with van der Waals surface area (Å²) in [6.07, 6.45) is 3.60. The van der Waals surface area contributed by atoms with Crippen molar-refractivity contribution in [1.82, 2.24) is 5.32 Å². The largest absolute Gasteiger partial charge is 0.313 e. The zero-order valence-electron chi connectivity index (χ0n) is 11.1. The molecule has 1 aliphatic carbocycles. The highest BCUT2D eigenvalue weighted by Crippen LogP contribution is 2.31. The maximum absolute atomic E-state index is 6.37. The number of hydrogen-bond acceptors (Lipinski definition) is 2. The van der Waals surface area contributed by atoms with Crippen LogP contribution >= 0.6 is 34.5 Å². The molecule has 1 fully saturated rings. The lowest BCUT2D eigenvalue weighted by atomic mass is 9.94. The van der Waals surface area contributed by atoms with Gasteiger partial charge in [0, 0.05) is 28.4 Å². The Hall–Kier alpha value is -0.540. The van der Waals surface area contributed by atoms with Gasteiger partial charge in [0.15, 0.2) is 0 Å². The van der Waals surface area contributed by atoms with Crippen LogP contribution in [0.5, 0.6) is 0 Å². The van der Waals surface area contributed by atoms with E-state index in [1.807, 2.05) is 18.2 Å². The lowest BCUT2D eigenvalue weighted by Crippen LogP contribution is -2.24. The molecule has 20 heavy (non-hydrogen) atoms. The molecule has 0 amide bonds. The fourth-order valence-corrected chi connectivity index (χ4v) is 3.86. The van der Waals surface area contributed by atoms with E-state index in [1.165, 1.54) is 23.3 Å². The summed E-state index contributed by atoms with van der Waals surface area (Å²) in [5, 5.41) is 4.48. The van der Waals surface area contributed by atoms with Crippen LogP contribution in [0.25, 0.3) is 0 Å². The molecule has 0 saturated heterocycles. The number of halogens is 2. The van der Waals surface area contributed by atoms with Gasteiger partial charge in [0.25, 0.3) is 0 Å². The van der Waals surface area contributed by atoms with E-state index in [9.17, 15) is 0 Å². The Morgan fingerprint density at radius 3 is 2.60 bits per heavy atom. The first-order valence-corrected chi connectivity index (χ1v) is 8.51. The van der Waals surface area contributed by atoms with Crippen molar-refractivity contribution < 1.29 is 0 Å². The summed E-state index contributed by atoms with van der Waals surface area (Å²) in [5.74, 6) is 0.402. The van der Waals surface area contributed by atoms with Crippen LogP contribution in [0.1, 0.15) is 29.2 Å². The first kappa shape index (κ1) is 14.4. The molecule has 106 valence electrons. The van der Waals surface area contributed by atoms with Gasteiger partial charge >= 0.3 is 0 Å². The Morgan fingerprint density at radius 1 is 1.15 bits per heavy atom. The van der Waals surface area contributed by atoms with Crippen LogP contribution in [0.4, 0.5) is 0 Å². The summed E-state index contributed by atoms with van der Waals surface area (Å²) < 4.78 is 0.855. The second-order valence-electron chi connectivity index (χ2n) is 5.31. The average molecular weight is 326 g/mol. The van der Waals surface area contributed by atoms with Gasteiger partial charge < -0.3 is 5.32 Å². The number of hydrogen-bond donors (Lipinski definition) is 1. The molecule has 0 radical (unpaired) electrons. The molecule has 4 heteroatoms.